The molecule has 0 saturated carbocycles. The van der Waals surface area contributed by atoms with E-state index < -0.39 is 29.0 Å². The Morgan fingerprint density at radius 1 is 1.23 bits per heavy atom. The van der Waals surface area contributed by atoms with Crippen LogP contribution in [0, 0.1) is 11.6 Å². The van der Waals surface area contributed by atoms with Crippen molar-refractivity contribution in [2.75, 3.05) is 18.4 Å². The standard InChI is InChI=1S/C19H18F5N5O/c1-18(30,19(22,23)24)10-2-3-15-26-8-14(29(15)9-10)16-12(20)6-13(21)17(28-16)27-11-4-5-25-7-11/h2-3,6,8-9,11,25,30H,4-5,7H2,1H3,(H,27,28)/t11-,18+/m1/s1. The van der Waals surface area contributed by atoms with Crippen LogP contribution in [0.3, 0.4) is 0 Å². The predicted molar refractivity (Wildman–Crippen MR) is 98.9 cm³/mol. The fourth-order valence-corrected chi connectivity index (χ4v) is 3.33. The topological polar surface area (TPSA) is 74.5 Å². The minimum Gasteiger partial charge on any atom is -0.376 e. The zero-order chi connectivity index (χ0) is 21.7. The summed E-state index contributed by atoms with van der Waals surface area (Å²) in [6.07, 6.45) is -1.94. The minimum absolute atomic E-state index is 0.0231. The van der Waals surface area contributed by atoms with Crippen LogP contribution in [0.4, 0.5) is 27.8 Å². The Balaban J connectivity index is 1.80. The molecule has 0 spiro atoms. The number of pyridine rings is 2. The molecule has 0 aliphatic carbocycles. The minimum atomic E-state index is -4.92. The molecule has 3 aromatic heterocycles. The normalized spacial score (nSPS) is 19.2. The van der Waals surface area contributed by atoms with E-state index in [0.717, 1.165) is 25.2 Å². The monoisotopic (exact) mass is 427 g/mol. The van der Waals surface area contributed by atoms with Gasteiger partial charge >= 0.3 is 6.18 Å². The molecular weight excluding hydrogens is 409 g/mol. The highest BCUT2D eigenvalue weighted by Crippen LogP contribution is 2.39. The number of imidazole rings is 1. The highest BCUT2D eigenvalue weighted by atomic mass is 19.4. The Morgan fingerprint density at radius 2 is 2.00 bits per heavy atom. The van der Waals surface area contributed by atoms with Crippen LogP contribution in [-0.2, 0) is 5.60 Å². The molecule has 1 fully saturated rings. The van der Waals surface area contributed by atoms with E-state index in [4.69, 9.17) is 0 Å². The Kier molecular flexibility index (Phi) is 4.89. The van der Waals surface area contributed by atoms with Crippen molar-refractivity contribution in [3.05, 3.63) is 47.8 Å². The molecule has 1 aliphatic rings. The molecule has 30 heavy (non-hydrogen) atoms. The van der Waals surface area contributed by atoms with Crippen LogP contribution in [0.2, 0.25) is 0 Å². The Hall–Kier alpha value is -2.79. The average molecular weight is 427 g/mol. The first kappa shape index (κ1) is 20.5. The fraction of sp³-hybridized carbons (Fsp3) is 0.368. The summed E-state index contributed by atoms with van der Waals surface area (Å²) in [7, 11) is 0. The molecule has 2 atom stereocenters. The van der Waals surface area contributed by atoms with Gasteiger partial charge in [-0.2, -0.15) is 13.2 Å². The van der Waals surface area contributed by atoms with Crippen molar-refractivity contribution in [3.63, 3.8) is 0 Å². The van der Waals surface area contributed by atoms with Gasteiger partial charge in [0.15, 0.2) is 23.1 Å². The van der Waals surface area contributed by atoms with Gasteiger partial charge < -0.3 is 15.7 Å². The lowest BCUT2D eigenvalue weighted by molar-refractivity contribution is -0.259. The van der Waals surface area contributed by atoms with Crippen LogP contribution in [-0.4, -0.2) is 44.8 Å². The maximum Gasteiger partial charge on any atom is 0.421 e. The van der Waals surface area contributed by atoms with Crippen LogP contribution in [0.25, 0.3) is 17.0 Å². The van der Waals surface area contributed by atoms with Crippen molar-refractivity contribution < 1.29 is 27.1 Å². The lowest BCUT2D eigenvalue weighted by atomic mass is 9.97. The van der Waals surface area contributed by atoms with Gasteiger partial charge in [-0.05, 0) is 26.0 Å². The van der Waals surface area contributed by atoms with Gasteiger partial charge in [-0.1, -0.05) is 6.07 Å². The van der Waals surface area contributed by atoms with Crippen molar-refractivity contribution in [1.82, 2.24) is 19.7 Å². The van der Waals surface area contributed by atoms with Crippen molar-refractivity contribution in [2.45, 2.75) is 31.2 Å². The lowest BCUT2D eigenvalue weighted by Gasteiger charge is -2.26. The summed E-state index contributed by atoms with van der Waals surface area (Å²) in [6, 6.07) is 2.95. The van der Waals surface area contributed by atoms with Crippen molar-refractivity contribution in [1.29, 1.82) is 0 Å². The van der Waals surface area contributed by atoms with Crippen LogP contribution < -0.4 is 10.6 Å². The van der Waals surface area contributed by atoms with Gasteiger partial charge in [0.2, 0.25) is 0 Å². The molecule has 1 aliphatic heterocycles. The highest BCUT2D eigenvalue weighted by molar-refractivity contribution is 5.63. The van der Waals surface area contributed by atoms with E-state index in [2.05, 4.69) is 20.6 Å². The van der Waals surface area contributed by atoms with Gasteiger partial charge in [-0.15, -0.1) is 0 Å². The molecule has 0 bridgehead atoms. The Bertz CT molecular complexity index is 1090. The molecule has 0 amide bonds. The molecule has 4 rings (SSSR count). The third-order valence-electron chi connectivity index (χ3n) is 5.19. The summed E-state index contributed by atoms with van der Waals surface area (Å²) in [6.45, 7) is 1.97. The lowest BCUT2D eigenvalue weighted by Crippen LogP contribution is -2.39. The third kappa shape index (κ3) is 3.47. The second kappa shape index (κ2) is 7.17. The first-order valence-electron chi connectivity index (χ1n) is 9.18. The second-order valence-corrected chi connectivity index (χ2v) is 7.34. The zero-order valence-corrected chi connectivity index (χ0v) is 15.8. The van der Waals surface area contributed by atoms with Gasteiger partial charge in [0.05, 0.1) is 11.9 Å². The zero-order valence-electron chi connectivity index (χ0n) is 15.8. The van der Waals surface area contributed by atoms with E-state index >= 15 is 0 Å². The fourth-order valence-electron chi connectivity index (χ4n) is 3.33. The predicted octanol–water partition coefficient (Wildman–Crippen LogP) is 3.22. The van der Waals surface area contributed by atoms with Crippen LogP contribution >= 0.6 is 0 Å². The van der Waals surface area contributed by atoms with Gasteiger partial charge in [0.25, 0.3) is 0 Å². The maximum absolute atomic E-state index is 14.5. The van der Waals surface area contributed by atoms with Gasteiger partial charge in [0.1, 0.15) is 11.3 Å². The molecular formula is C19H18F5N5O. The quantitative estimate of drug-likeness (QED) is 0.558. The molecule has 6 nitrogen and oxygen atoms in total. The first-order chi connectivity index (χ1) is 14.1. The SMILES string of the molecule is C[C@](O)(c1ccc2ncc(-c3nc(N[C@@H]4CCNC4)c(F)cc3F)n2c1)C(F)(F)F. The number of alkyl halides is 3. The van der Waals surface area contributed by atoms with E-state index in [9.17, 15) is 27.1 Å². The highest BCUT2D eigenvalue weighted by Gasteiger charge is 2.51. The van der Waals surface area contributed by atoms with E-state index in [-0.39, 0.29) is 28.9 Å². The van der Waals surface area contributed by atoms with Gasteiger partial charge in [-0.25, -0.2) is 18.7 Å². The van der Waals surface area contributed by atoms with E-state index in [1.54, 1.807) is 0 Å². The summed E-state index contributed by atoms with van der Waals surface area (Å²) in [5.74, 6) is -2.02. The van der Waals surface area contributed by atoms with Crippen LogP contribution in [0.1, 0.15) is 18.9 Å². The Labute approximate surface area is 167 Å². The molecule has 4 heterocycles. The number of nitrogens with one attached hydrogen (secondary N) is 2. The summed E-state index contributed by atoms with van der Waals surface area (Å²) in [5.41, 5.74) is -3.62. The number of aliphatic hydroxyl groups is 1. The molecule has 0 radical (unpaired) electrons. The number of halogens is 5. The van der Waals surface area contributed by atoms with Crippen molar-refractivity contribution >= 4 is 11.5 Å². The molecule has 0 aromatic carbocycles. The first-order valence-corrected chi connectivity index (χ1v) is 9.18. The average Bonchev–Trinajstić information content (AvgIpc) is 3.32. The molecule has 3 N–H and O–H groups in total. The third-order valence-corrected chi connectivity index (χ3v) is 5.19. The summed E-state index contributed by atoms with van der Waals surface area (Å²) in [5, 5.41) is 16.0. The van der Waals surface area contributed by atoms with Crippen molar-refractivity contribution in [3.8, 4) is 11.4 Å². The number of hydrogen-bond acceptors (Lipinski definition) is 5. The Morgan fingerprint density at radius 3 is 2.67 bits per heavy atom. The summed E-state index contributed by atoms with van der Waals surface area (Å²) < 4.78 is 69.6. The maximum atomic E-state index is 14.5. The number of rotatable bonds is 4. The molecule has 3 aromatic rings. The summed E-state index contributed by atoms with van der Waals surface area (Å²) in [4.78, 5) is 8.08. The molecule has 11 heteroatoms. The molecule has 0 unspecified atom stereocenters. The van der Waals surface area contributed by atoms with E-state index in [0.29, 0.717) is 19.5 Å². The van der Waals surface area contributed by atoms with Crippen LogP contribution in [0.15, 0.2) is 30.6 Å². The summed E-state index contributed by atoms with van der Waals surface area (Å²) >= 11 is 0. The van der Waals surface area contributed by atoms with E-state index in [1.807, 2.05) is 0 Å². The number of anilines is 1. The molecule has 160 valence electrons. The number of fused-ring (bicyclic) bond motifs is 1. The van der Waals surface area contributed by atoms with E-state index in [1.165, 1.54) is 16.7 Å². The van der Waals surface area contributed by atoms with Gasteiger partial charge in [0, 0.05) is 30.4 Å². The van der Waals surface area contributed by atoms with Crippen molar-refractivity contribution in [2.24, 2.45) is 0 Å². The smallest absolute Gasteiger partial charge is 0.376 e. The number of nitrogens with zero attached hydrogens (tertiary/aromatic N) is 3. The largest absolute Gasteiger partial charge is 0.421 e. The van der Waals surface area contributed by atoms with Crippen LogP contribution in [0.5, 0.6) is 0 Å². The number of aromatic nitrogens is 3. The van der Waals surface area contributed by atoms with Gasteiger partial charge in [-0.3, -0.25) is 4.40 Å². The number of hydrogen-bond donors (Lipinski definition) is 3. The second-order valence-electron chi connectivity index (χ2n) is 7.34. The molecule has 1 saturated heterocycles.